The maximum Gasteiger partial charge on any atom is 0.340 e. The van der Waals surface area contributed by atoms with E-state index in [9.17, 15) is 9.59 Å². The highest BCUT2D eigenvalue weighted by molar-refractivity contribution is 9.10. The third-order valence-corrected chi connectivity index (χ3v) is 3.92. The van der Waals surface area contributed by atoms with Crippen molar-refractivity contribution in [2.24, 2.45) is 0 Å². The summed E-state index contributed by atoms with van der Waals surface area (Å²) in [6.07, 6.45) is 6.66. The summed E-state index contributed by atoms with van der Waals surface area (Å²) < 4.78 is 5.68. The fourth-order valence-corrected chi connectivity index (χ4v) is 2.25. The number of esters is 1. The Morgan fingerprint density at radius 1 is 1.41 bits per heavy atom. The first-order valence-electron chi connectivity index (χ1n) is 6.88. The zero-order valence-corrected chi connectivity index (χ0v) is 14.2. The van der Waals surface area contributed by atoms with Gasteiger partial charge < -0.3 is 15.8 Å². The molecule has 22 heavy (non-hydrogen) atoms. The zero-order chi connectivity index (χ0) is 16.8. The molecule has 0 aromatic heterocycles. The summed E-state index contributed by atoms with van der Waals surface area (Å²) in [5.41, 5.74) is 5.50. The third kappa shape index (κ3) is 4.50. The van der Waals surface area contributed by atoms with Gasteiger partial charge >= 0.3 is 5.97 Å². The number of benzene rings is 1. The van der Waals surface area contributed by atoms with Gasteiger partial charge in [0.2, 0.25) is 0 Å². The van der Waals surface area contributed by atoms with Crippen molar-refractivity contribution < 1.29 is 14.3 Å². The second kappa shape index (κ2) is 7.85. The lowest BCUT2D eigenvalue weighted by Crippen LogP contribution is -2.48. The molecule has 0 aliphatic rings. The van der Waals surface area contributed by atoms with Crippen LogP contribution in [0.2, 0.25) is 0 Å². The van der Waals surface area contributed by atoms with E-state index in [0.29, 0.717) is 17.3 Å². The number of carbonyl (C=O) groups is 2. The second-order valence-electron chi connectivity index (χ2n) is 4.79. The average molecular weight is 367 g/mol. The van der Waals surface area contributed by atoms with Gasteiger partial charge in [0.25, 0.3) is 5.91 Å². The van der Waals surface area contributed by atoms with Gasteiger partial charge in [-0.25, -0.2) is 4.79 Å². The summed E-state index contributed by atoms with van der Waals surface area (Å²) in [6, 6.07) is 4.83. The van der Waals surface area contributed by atoms with Crippen LogP contribution in [0.15, 0.2) is 22.7 Å². The maximum atomic E-state index is 12.0. The van der Waals surface area contributed by atoms with Crippen LogP contribution < -0.4 is 11.1 Å². The maximum absolute atomic E-state index is 12.0. The molecular weight excluding hydrogens is 348 g/mol. The Labute approximate surface area is 138 Å². The number of amides is 1. The van der Waals surface area contributed by atoms with E-state index in [1.807, 2.05) is 13.8 Å². The third-order valence-electron chi connectivity index (χ3n) is 3.43. The highest BCUT2D eigenvalue weighted by Gasteiger charge is 2.25. The molecule has 0 aliphatic heterocycles. The van der Waals surface area contributed by atoms with Gasteiger partial charge in [-0.1, -0.05) is 35.7 Å². The minimum Gasteiger partial charge on any atom is -0.452 e. The van der Waals surface area contributed by atoms with Crippen molar-refractivity contribution in [3.8, 4) is 12.3 Å². The molecule has 0 saturated carbocycles. The highest BCUT2D eigenvalue weighted by atomic mass is 79.9. The van der Waals surface area contributed by atoms with E-state index in [1.54, 1.807) is 18.2 Å². The molecule has 0 radical (unpaired) electrons. The predicted molar refractivity (Wildman–Crippen MR) is 89.1 cm³/mol. The van der Waals surface area contributed by atoms with Crippen LogP contribution in [0.3, 0.4) is 0 Å². The molecule has 0 heterocycles. The number of carbonyl (C=O) groups excluding carboxylic acids is 2. The number of nitrogens with one attached hydrogen (secondary N) is 1. The van der Waals surface area contributed by atoms with E-state index in [2.05, 4.69) is 27.2 Å². The lowest BCUT2D eigenvalue weighted by atomic mass is 9.94. The van der Waals surface area contributed by atoms with E-state index < -0.39 is 24.0 Å². The number of hydrogen-bond acceptors (Lipinski definition) is 4. The number of anilines is 1. The molecule has 6 heteroatoms. The number of rotatable bonds is 6. The first-order valence-corrected chi connectivity index (χ1v) is 7.67. The number of terminal acetylenes is 1. The average Bonchev–Trinajstić information content (AvgIpc) is 2.52. The Morgan fingerprint density at radius 2 is 2.05 bits per heavy atom. The van der Waals surface area contributed by atoms with Crippen molar-refractivity contribution in [1.29, 1.82) is 0 Å². The lowest BCUT2D eigenvalue weighted by Gasteiger charge is -2.26. The standard InChI is InChI=1S/C16H19BrN2O3/c1-4-16(5-2,6-3)19-14(20)10-22-15(21)12-9-11(17)7-8-13(12)18/h1,7-9H,5-6,10,18H2,2-3H3,(H,19,20). The quantitative estimate of drug-likeness (QED) is 0.460. The van der Waals surface area contributed by atoms with Crippen molar-refractivity contribution in [3.05, 3.63) is 28.2 Å². The molecule has 1 aromatic carbocycles. The van der Waals surface area contributed by atoms with Crippen molar-refractivity contribution in [2.45, 2.75) is 32.2 Å². The molecule has 0 spiro atoms. The van der Waals surface area contributed by atoms with Crippen LogP contribution in [0, 0.1) is 12.3 Å². The first kappa shape index (κ1) is 18.1. The molecule has 5 nitrogen and oxygen atoms in total. The van der Waals surface area contributed by atoms with Gasteiger partial charge in [-0.15, -0.1) is 6.42 Å². The Bertz CT molecular complexity index is 604. The number of nitrogens with two attached hydrogens (primary N) is 1. The number of halogens is 1. The van der Waals surface area contributed by atoms with Gasteiger partial charge in [-0.3, -0.25) is 4.79 Å². The summed E-state index contributed by atoms with van der Waals surface area (Å²) in [5.74, 6) is 1.48. The second-order valence-corrected chi connectivity index (χ2v) is 5.71. The van der Waals surface area contributed by atoms with Gasteiger partial charge in [0, 0.05) is 10.2 Å². The van der Waals surface area contributed by atoms with Gasteiger partial charge in [0.15, 0.2) is 6.61 Å². The molecule has 0 unspecified atom stereocenters. The topological polar surface area (TPSA) is 81.4 Å². The van der Waals surface area contributed by atoms with Gasteiger partial charge in [-0.2, -0.15) is 0 Å². The van der Waals surface area contributed by atoms with Crippen molar-refractivity contribution in [1.82, 2.24) is 5.32 Å². The van der Waals surface area contributed by atoms with E-state index in [0.717, 1.165) is 0 Å². The van der Waals surface area contributed by atoms with Gasteiger partial charge in [0.05, 0.1) is 5.56 Å². The summed E-state index contributed by atoms with van der Waals surface area (Å²) >= 11 is 3.25. The van der Waals surface area contributed by atoms with Crippen LogP contribution in [0.4, 0.5) is 5.69 Å². The van der Waals surface area contributed by atoms with E-state index in [-0.39, 0.29) is 11.3 Å². The van der Waals surface area contributed by atoms with Crippen LogP contribution in [-0.2, 0) is 9.53 Å². The SMILES string of the molecule is C#CC(CC)(CC)NC(=O)COC(=O)c1cc(Br)ccc1N. The fourth-order valence-electron chi connectivity index (χ4n) is 1.88. The van der Waals surface area contributed by atoms with Crippen LogP contribution in [0.25, 0.3) is 0 Å². The van der Waals surface area contributed by atoms with Crippen molar-refractivity contribution >= 4 is 33.5 Å². The Hall–Kier alpha value is -2.00. The molecule has 1 amide bonds. The Morgan fingerprint density at radius 3 is 2.59 bits per heavy atom. The van der Waals surface area contributed by atoms with E-state index >= 15 is 0 Å². The highest BCUT2D eigenvalue weighted by Crippen LogP contribution is 2.19. The van der Waals surface area contributed by atoms with Gasteiger partial charge in [-0.05, 0) is 31.0 Å². The van der Waals surface area contributed by atoms with Crippen LogP contribution >= 0.6 is 15.9 Å². The molecule has 0 aliphatic carbocycles. The van der Waals surface area contributed by atoms with Crippen molar-refractivity contribution in [2.75, 3.05) is 12.3 Å². The molecule has 0 fully saturated rings. The zero-order valence-electron chi connectivity index (χ0n) is 12.6. The molecule has 1 rings (SSSR count). The first-order chi connectivity index (χ1) is 10.4. The van der Waals surface area contributed by atoms with E-state index in [4.69, 9.17) is 16.9 Å². The minimum atomic E-state index is -0.710. The van der Waals surface area contributed by atoms with Crippen molar-refractivity contribution in [3.63, 3.8) is 0 Å². The van der Waals surface area contributed by atoms with Crippen LogP contribution in [0.1, 0.15) is 37.0 Å². The summed E-state index contributed by atoms with van der Waals surface area (Å²) in [4.78, 5) is 23.9. The fraction of sp³-hybridized carbons (Fsp3) is 0.375. The lowest BCUT2D eigenvalue weighted by molar-refractivity contribution is -0.125. The largest absolute Gasteiger partial charge is 0.452 e. The summed E-state index contributed by atoms with van der Waals surface area (Å²) in [5, 5.41) is 2.72. The predicted octanol–water partition coefficient (Wildman–Crippen LogP) is 2.50. The number of hydrogen-bond donors (Lipinski definition) is 2. The molecular formula is C16H19BrN2O3. The molecule has 0 bridgehead atoms. The molecule has 0 atom stereocenters. The number of ether oxygens (including phenoxy) is 1. The van der Waals surface area contributed by atoms with Gasteiger partial charge in [0.1, 0.15) is 5.54 Å². The van der Waals surface area contributed by atoms with E-state index in [1.165, 1.54) is 0 Å². The molecule has 118 valence electrons. The monoisotopic (exact) mass is 366 g/mol. The van der Waals surface area contributed by atoms with Crippen LogP contribution in [-0.4, -0.2) is 24.0 Å². The summed E-state index contributed by atoms with van der Waals surface area (Å²) in [6.45, 7) is 3.36. The molecule has 1 aromatic rings. The smallest absolute Gasteiger partial charge is 0.340 e. The summed E-state index contributed by atoms with van der Waals surface area (Å²) in [7, 11) is 0. The molecule has 3 N–H and O–H groups in total. The Kier molecular flexibility index (Phi) is 6.44. The normalized spacial score (nSPS) is 10.6. The van der Waals surface area contributed by atoms with Crippen LogP contribution in [0.5, 0.6) is 0 Å². The molecule has 0 saturated heterocycles. The number of nitrogen functional groups attached to an aromatic ring is 1. The Balaban J connectivity index is 2.66. The minimum absolute atomic E-state index is 0.205.